The van der Waals surface area contributed by atoms with E-state index >= 15 is 0 Å². The van der Waals surface area contributed by atoms with Gasteiger partial charge in [-0.3, -0.25) is 9.59 Å². The molecule has 4 aromatic rings. The van der Waals surface area contributed by atoms with Crippen LogP contribution >= 0.6 is 23.4 Å². The third-order valence-electron chi connectivity index (χ3n) is 6.08. The Hall–Kier alpha value is -3.96. The number of carbonyl (C=O) groups excluding carboxylic acids is 1. The van der Waals surface area contributed by atoms with E-state index in [4.69, 9.17) is 22.1 Å². The number of aromatic nitrogens is 2. The molecule has 1 aliphatic rings. The minimum Gasteiger partial charge on any atom is -0.457 e. The number of carbonyl (C=O) groups is 1. The summed E-state index contributed by atoms with van der Waals surface area (Å²) in [6.07, 6.45) is -3.44. The second-order valence-electron chi connectivity index (χ2n) is 8.87. The van der Waals surface area contributed by atoms with Crippen LogP contribution in [-0.2, 0) is 11.9 Å². The Balaban J connectivity index is 1.35. The first-order valence-electron chi connectivity index (χ1n) is 11.6. The van der Waals surface area contributed by atoms with Crippen molar-refractivity contribution in [2.24, 2.45) is 0 Å². The number of nitrogens with two attached hydrogens (primary N) is 1. The normalized spacial score (nSPS) is 14.2. The molecule has 0 aliphatic carbocycles. The van der Waals surface area contributed by atoms with Crippen LogP contribution in [0.3, 0.4) is 0 Å². The summed E-state index contributed by atoms with van der Waals surface area (Å²) in [6, 6.07) is 13.7. The van der Waals surface area contributed by atoms with Crippen molar-refractivity contribution >= 4 is 35.0 Å². The van der Waals surface area contributed by atoms with Gasteiger partial charge in [0.05, 0.1) is 11.6 Å². The third kappa shape index (κ3) is 5.59. The number of hydrogen-bond acceptors (Lipinski definition) is 6. The highest BCUT2D eigenvalue weighted by Gasteiger charge is 2.33. The summed E-state index contributed by atoms with van der Waals surface area (Å²) in [5.41, 5.74) is 5.93. The van der Waals surface area contributed by atoms with Gasteiger partial charge in [0.2, 0.25) is 0 Å². The summed E-state index contributed by atoms with van der Waals surface area (Å²) >= 11 is 7.16. The molecular formula is C27H20ClF3N4O3S. The number of rotatable bonds is 5. The second kappa shape index (κ2) is 10.3. The van der Waals surface area contributed by atoms with Crippen LogP contribution in [0, 0.1) is 6.92 Å². The summed E-state index contributed by atoms with van der Waals surface area (Å²) in [5.74, 6) is 0.481. The van der Waals surface area contributed by atoms with Gasteiger partial charge in [0.1, 0.15) is 17.1 Å². The Bertz CT molecular complexity index is 1610. The van der Waals surface area contributed by atoms with E-state index in [1.54, 1.807) is 18.2 Å². The van der Waals surface area contributed by atoms with Gasteiger partial charge in [-0.05, 0) is 48.4 Å². The Morgan fingerprint density at radius 2 is 1.85 bits per heavy atom. The maximum atomic E-state index is 13.2. The zero-order valence-electron chi connectivity index (χ0n) is 20.2. The van der Waals surface area contributed by atoms with Crippen LogP contribution in [0.5, 0.6) is 11.5 Å². The van der Waals surface area contributed by atoms with Crippen LogP contribution in [-0.4, -0.2) is 15.9 Å². The lowest BCUT2D eigenvalue weighted by Crippen LogP contribution is -2.35. The summed E-state index contributed by atoms with van der Waals surface area (Å²) in [5, 5.41) is 3.50. The summed E-state index contributed by atoms with van der Waals surface area (Å²) < 4.78 is 45.4. The molecule has 1 amide bonds. The Morgan fingerprint density at radius 1 is 1.13 bits per heavy atom. The molecule has 4 N–H and O–H groups in total. The highest BCUT2D eigenvalue weighted by molar-refractivity contribution is 7.98. The van der Waals surface area contributed by atoms with E-state index in [1.807, 2.05) is 25.1 Å². The van der Waals surface area contributed by atoms with Crippen molar-refractivity contribution in [2.75, 3.05) is 5.73 Å². The molecule has 1 unspecified atom stereocenters. The number of fused-ring (bicyclic) bond motifs is 2. The number of nitrogens with zero attached hydrogens (tertiary/aromatic N) is 1. The predicted molar refractivity (Wildman–Crippen MR) is 142 cm³/mol. The van der Waals surface area contributed by atoms with Gasteiger partial charge in [-0.15, -0.1) is 0 Å². The molecule has 0 fully saturated rings. The molecule has 1 aliphatic heterocycles. The summed E-state index contributed by atoms with van der Waals surface area (Å²) in [4.78, 5) is 32.6. The minimum atomic E-state index is -4.58. The number of thioether (sulfide) groups is 1. The Labute approximate surface area is 229 Å². The smallest absolute Gasteiger partial charge is 0.418 e. The van der Waals surface area contributed by atoms with Crippen molar-refractivity contribution in [3.8, 4) is 11.5 Å². The number of benzene rings is 3. The van der Waals surface area contributed by atoms with Crippen LogP contribution in [0.1, 0.15) is 44.2 Å². The van der Waals surface area contributed by atoms with Gasteiger partial charge in [0.25, 0.3) is 11.5 Å². The minimum absolute atomic E-state index is 0.0927. The highest BCUT2D eigenvalue weighted by Crippen LogP contribution is 2.44. The van der Waals surface area contributed by atoms with Crippen molar-refractivity contribution < 1.29 is 22.7 Å². The summed E-state index contributed by atoms with van der Waals surface area (Å²) in [6.45, 7) is 1.91. The fourth-order valence-electron chi connectivity index (χ4n) is 4.16. The molecule has 3 aromatic carbocycles. The molecule has 7 nitrogen and oxygen atoms in total. The van der Waals surface area contributed by atoms with Gasteiger partial charge >= 0.3 is 6.18 Å². The average molecular weight is 573 g/mol. The fourth-order valence-corrected chi connectivity index (χ4v) is 5.10. The van der Waals surface area contributed by atoms with Crippen LogP contribution in [0.4, 0.5) is 18.9 Å². The third-order valence-corrected chi connectivity index (χ3v) is 7.27. The van der Waals surface area contributed by atoms with Crippen molar-refractivity contribution in [3.63, 3.8) is 0 Å². The molecule has 1 aromatic heterocycles. The van der Waals surface area contributed by atoms with E-state index in [0.29, 0.717) is 33.2 Å². The Morgan fingerprint density at radius 3 is 2.56 bits per heavy atom. The molecule has 5 rings (SSSR count). The van der Waals surface area contributed by atoms with Gasteiger partial charge in [-0.1, -0.05) is 47.6 Å². The highest BCUT2D eigenvalue weighted by atomic mass is 35.5. The van der Waals surface area contributed by atoms with Crippen LogP contribution in [0.25, 0.3) is 0 Å². The van der Waals surface area contributed by atoms with Gasteiger partial charge in [0.15, 0.2) is 5.16 Å². The zero-order chi connectivity index (χ0) is 27.9. The van der Waals surface area contributed by atoms with Gasteiger partial charge in [-0.2, -0.15) is 13.2 Å². The molecule has 0 saturated heterocycles. The van der Waals surface area contributed by atoms with E-state index in [0.717, 1.165) is 29.6 Å². The lowest BCUT2D eigenvalue weighted by Gasteiger charge is -2.29. The van der Waals surface area contributed by atoms with Gasteiger partial charge < -0.3 is 20.8 Å². The number of halogens is 4. The largest absolute Gasteiger partial charge is 0.457 e. The number of hydrogen-bond donors (Lipinski definition) is 3. The van der Waals surface area contributed by atoms with Crippen molar-refractivity contribution in [2.45, 2.75) is 30.1 Å². The molecular weight excluding hydrogens is 553 g/mol. The van der Waals surface area contributed by atoms with Crippen LogP contribution < -0.4 is 21.3 Å². The topological polar surface area (TPSA) is 110 Å². The Kier molecular flexibility index (Phi) is 7.04. The number of amides is 1. The number of H-pyrrole nitrogens is 1. The van der Waals surface area contributed by atoms with Crippen molar-refractivity contribution in [3.05, 3.63) is 110 Å². The zero-order valence-corrected chi connectivity index (χ0v) is 21.8. The number of aromatic amines is 1. The molecule has 0 bridgehead atoms. The average Bonchev–Trinajstić information content (AvgIpc) is 2.87. The lowest BCUT2D eigenvalue weighted by atomic mass is 9.93. The standard InChI is InChI=1S/C27H20ClF3N4O3S/c1-13-2-5-16-21(8-13)38-22-10-15(28)4-6-17(22)23(16)34-24(36)18-11-33-26(35-25(18)37)39-12-14-3-7-20(32)19(9-14)27(29,30)31/h2-11,23H,12,32H2,1H3,(H,34,36)(H,33,35,37). The molecule has 12 heteroatoms. The molecule has 200 valence electrons. The predicted octanol–water partition coefficient (Wildman–Crippen LogP) is 6.25. The SMILES string of the molecule is Cc1ccc2c(c1)Oc1cc(Cl)ccc1C2NC(=O)c1cnc(SCc2ccc(N)c(C(F)(F)F)c2)[nH]c1=O. The number of nitrogens with one attached hydrogen (secondary N) is 2. The molecule has 0 saturated carbocycles. The maximum Gasteiger partial charge on any atom is 0.418 e. The van der Waals surface area contributed by atoms with Gasteiger partial charge in [0, 0.05) is 33.8 Å². The molecule has 0 radical (unpaired) electrons. The summed E-state index contributed by atoms with van der Waals surface area (Å²) in [7, 11) is 0. The number of ether oxygens (including phenoxy) is 1. The van der Waals surface area contributed by atoms with Gasteiger partial charge in [-0.25, -0.2) is 4.98 Å². The number of alkyl halides is 3. The van der Waals surface area contributed by atoms with E-state index in [1.165, 1.54) is 12.1 Å². The van der Waals surface area contributed by atoms with E-state index in [2.05, 4.69) is 15.3 Å². The molecule has 39 heavy (non-hydrogen) atoms. The number of anilines is 1. The van der Waals surface area contributed by atoms with E-state index in [-0.39, 0.29) is 22.2 Å². The van der Waals surface area contributed by atoms with Crippen molar-refractivity contribution in [1.29, 1.82) is 0 Å². The van der Waals surface area contributed by atoms with Crippen LogP contribution in [0.2, 0.25) is 5.02 Å². The van der Waals surface area contributed by atoms with Crippen LogP contribution in [0.15, 0.2) is 70.7 Å². The molecule has 2 heterocycles. The lowest BCUT2D eigenvalue weighted by molar-refractivity contribution is -0.136. The van der Waals surface area contributed by atoms with Crippen molar-refractivity contribution in [1.82, 2.24) is 15.3 Å². The number of aryl methyl sites for hydroxylation is 1. The first-order chi connectivity index (χ1) is 18.5. The number of nitrogen functional groups attached to an aromatic ring is 1. The maximum absolute atomic E-state index is 13.2. The second-order valence-corrected chi connectivity index (χ2v) is 10.3. The molecule has 1 atom stereocenters. The first-order valence-corrected chi connectivity index (χ1v) is 12.9. The molecule has 0 spiro atoms. The first kappa shape index (κ1) is 26.6. The monoisotopic (exact) mass is 572 g/mol. The van der Waals surface area contributed by atoms with E-state index < -0.39 is 29.2 Å². The quantitative estimate of drug-likeness (QED) is 0.148. The fraction of sp³-hybridized carbons (Fsp3) is 0.148. The van der Waals surface area contributed by atoms with E-state index in [9.17, 15) is 22.8 Å².